The molecule has 60 heavy (non-hydrogen) atoms. The van der Waals surface area contributed by atoms with Crippen molar-refractivity contribution in [1.29, 1.82) is 0 Å². The van der Waals surface area contributed by atoms with E-state index in [1.807, 2.05) is 36.4 Å². The molecule has 2 aromatic heterocycles. The summed E-state index contributed by atoms with van der Waals surface area (Å²) in [7, 11) is 0. The lowest BCUT2D eigenvalue weighted by Crippen LogP contribution is -2.00. The van der Waals surface area contributed by atoms with Crippen molar-refractivity contribution < 1.29 is 0 Å². The summed E-state index contributed by atoms with van der Waals surface area (Å²) in [4.78, 5) is 20.1. The molecule has 0 fully saturated rings. The van der Waals surface area contributed by atoms with Crippen LogP contribution < -0.4 is 0 Å². The van der Waals surface area contributed by atoms with Crippen LogP contribution in [0.25, 0.3) is 111 Å². The molecule has 0 unspecified atom stereocenters. The van der Waals surface area contributed by atoms with Crippen LogP contribution in [0.15, 0.2) is 218 Å². The number of pyridine rings is 1. The molecule has 0 aliphatic rings. The predicted molar refractivity (Wildman–Crippen MR) is 248 cm³/mol. The molecular formula is C56H36N4. The van der Waals surface area contributed by atoms with Crippen molar-refractivity contribution in [1.82, 2.24) is 19.9 Å². The summed E-state index contributed by atoms with van der Waals surface area (Å²) in [6, 6.07) is 76.5. The number of rotatable bonds is 7. The molecule has 0 spiro atoms. The van der Waals surface area contributed by atoms with Gasteiger partial charge >= 0.3 is 0 Å². The van der Waals surface area contributed by atoms with E-state index in [1.165, 1.54) is 27.1 Å². The van der Waals surface area contributed by atoms with Crippen LogP contribution in [0.4, 0.5) is 0 Å². The van der Waals surface area contributed by atoms with Gasteiger partial charge in [-0.05, 0) is 73.8 Å². The van der Waals surface area contributed by atoms with E-state index in [2.05, 4.69) is 182 Å². The molecule has 0 amide bonds. The standard InChI is InChI=1S/C56H36N4/c1-3-12-37(13-4-1)38-26-30-43(31-27-38)55-58-54(42-14-5-2-6-15-42)59-56(60-55)44-32-28-40(29-33-44)39-22-24-41(25-23-39)45-18-11-19-48(34-45)53-51-36-47-17-8-7-16-46(47)35-50(51)49-20-9-10-21-52(49)57-53/h1-36H. The van der Waals surface area contributed by atoms with Gasteiger partial charge in [-0.25, -0.2) is 19.9 Å². The van der Waals surface area contributed by atoms with E-state index in [0.29, 0.717) is 17.5 Å². The maximum atomic E-state index is 5.24. The first-order valence-electron chi connectivity index (χ1n) is 20.2. The average molecular weight is 765 g/mol. The Morgan fingerprint density at radius 3 is 1.17 bits per heavy atom. The number of aromatic nitrogens is 4. The van der Waals surface area contributed by atoms with Crippen molar-refractivity contribution in [3.05, 3.63) is 218 Å². The summed E-state index contributed by atoms with van der Waals surface area (Å²) in [6.45, 7) is 0. The molecule has 0 saturated carbocycles. The number of para-hydroxylation sites is 1. The highest BCUT2D eigenvalue weighted by Gasteiger charge is 2.15. The highest BCUT2D eigenvalue weighted by atomic mass is 15.0. The second-order valence-electron chi connectivity index (χ2n) is 15.1. The van der Waals surface area contributed by atoms with Gasteiger partial charge in [-0.2, -0.15) is 0 Å². The van der Waals surface area contributed by atoms with Crippen LogP contribution in [-0.2, 0) is 0 Å². The Kier molecular flexibility index (Phi) is 8.79. The zero-order chi connectivity index (χ0) is 39.8. The van der Waals surface area contributed by atoms with Crippen molar-refractivity contribution in [2.75, 3.05) is 0 Å². The third kappa shape index (κ3) is 6.66. The second kappa shape index (κ2) is 15.0. The lowest BCUT2D eigenvalue weighted by atomic mass is 9.94. The van der Waals surface area contributed by atoms with Crippen molar-refractivity contribution in [2.24, 2.45) is 0 Å². The fourth-order valence-electron chi connectivity index (χ4n) is 8.16. The number of nitrogens with zero attached hydrogens (tertiary/aromatic N) is 4. The molecular weight excluding hydrogens is 729 g/mol. The van der Waals surface area contributed by atoms with Crippen LogP contribution in [0.2, 0.25) is 0 Å². The van der Waals surface area contributed by atoms with E-state index in [9.17, 15) is 0 Å². The molecule has 0 aliphatic carbocycles. The van der Waals surface area contributed by atoms with E-state index in [4.69, 9.17) is 19.9 Å². The molecule has 4 nitrogen and oxygen atoms in total. The van der Waals surface area contributed by atoms with Crippen LogP contribution in [0.5, 0.6) is 0 Å². The molecule has 0 atom stereocenters. The van der Waals surface area contributed by atoms with E-state index >= 15 is 0 Å². The number of hydrogen-bond acceptors (Lipinski definition) is 4. The van der Waals surface area contributed by atoms with Gasteiger partial charge in [-0.15, -0.1) is 0 Å². The summed E-state index contributed by atoms with van der Waals surface area (Å²) < 4.78 is 0. The quantitative estimate of drug-likeness (QED) is 0.120. The molecule has 9 aromatic carbocycles. The molecule has 4 heteroatoms. The third-order valence-corrected chi connectivity index (χ3v) is 11.3. The summed E-state index contributed by atoms with van der Waals surface area (Å²) in [5.41, 5.74) is 12.8. The van der Waals surface area contributed by atoms with E-state index in [0.717, 1.165) is 66.7 Å². The van der Waals surface area contributed by atoms with Crippen molar-refractivity contribution in [3.8, 4) is 78.8 Å². The number of benzene rings is 9. The smallest absolute Gasteiger partial charge is 0.164 e. The van der Waals surface area contributed by atoms with Crippen LogP contribution in [0.1, 0.15) is 0 Å². The summed E-state index contributed by atoms with van der Waals surface area (Å²) in [5, 5.41) is 5.99. The van der Waals surface area contributed by atoms with Gasteiger partial charge in [-0.1, -0.05) is 194 Å². The highest BCUT2D eigenvalue weighted by Crippen LogP contribution is 2.37. The predicted octanol–water partition coefficient (Wildman–Crippen LogP) is 14.4. The molecule has 11 rings (SSSR count). The molecule has 0 saturated heterocycles. The third-order valence-electron chi connectivity index (χ3n) is 11.3. The lowest BCUT2D eigenvalue weighted by molar-refractivity contribution is 1.07. The first-order valence-corrected chi connectivity index (χ1v) is 20.2. The van der Waals surface area contributed by atoms with Gasteiger partial charge in [-0.3, -0.25) is 0 Å². The molecule has 0 radical (unpaired) electrons. The van der Waals surface area contributed by atoms with Gasteiger partial charge in [0, 0.05) is 33.0 Å². The van der Waals surface area contributed by atoms with Gasteiger partial charge < -0.3 is 0 Å². The van der Waals surface area contributed by atoms with Gasteiger partial charge in [0.05, 0.1) is 11.2 Å². The Morgan fingerprint density at radius 2 is 0.600 bits per heavy atom. The maximum Gasteiger partial charge on any atom is 0.164 e. The van der Waals surface area contributed by atoms with E-state index in [-0.39, 0.29) is 0 Å². The fraction of sp³-hybridized carbons (Fsp3) is 0. The normalized spacial score (nSPS) is 11.3. The van der Waals surface area contributed by atoms with E-state index in [1.54, 1.807) is 0 Å². The molecule has 280 valence electrons. The first kappa shape index (κ1) is 35.1. The second-order valence-corrected chi connectivity index (χ2v) is 15.1. The number of hydrogen-bond donors (Lipinski definition) is 0. The monoisotopic (exact) mass is 764 g/mol. The average Bonchev–Trinajstić information content (AvgIpc) is 3.34. The Morgan fingerprint density at radius 1 is 0.217 bits per heavy atom. The fourth-order valence-corrected chi connectivity index (χ4v) is 8.16. The van der Waals surface area contributed by atoms with Gasteiger partial charge in [0.2, 0.25) is 0 Å². The Balaban J connectivity index is 0.897. The topological polar surface area (TPSA) is 51.6 Å². The SMILES string of the molecule is c1ccc(-c2ccc(-c3nc(-c4ccccc4)nc(-c4ccc(-c5ccc(-c6cccc(-c7nc8ccccc8c8cc9ccccc9cc78)c6)cc5)cc4)n3)cc2)cc1. The number of fused-ring (bicyclic) bond motifs is 4. The first-order chi connectivity index (χ1) is 29.7. The van der Waals surface area contributed by atoms with Crippen LogP contribution >= 0.6 is 0 Å². The minimum absolute atomic E-state index is 0.634. The largest absolute Gasteiger partial charge is 0.247 e. The minimum atomic E-state index is 0.634. The van der Waals surface area contributed by atoms with Gasteiger partial charge in [0.1, 0.15) is 0 Å². The van der Waals surface area contributed by atoms with E-state index < -0.39 is 0 Å². The molecule has 0 N–H and O–H groups in total. The zero-order valence-corrected chi connectivity index (χ0v) is 32.6. The molecule has 2 heterocycles. The summed E-state index contributed by atoms with van der Waals surface area (Å²) >= 11 is 0. The van der Waals surface area contributed by atoms with Crippen LogP contribution in [0.3, 0.4) is 0 Å². The van der Waals surface area contributed by atoms with Crippen LogP contribution in [0, 0.1) is 0 Å². The summed E-state index contributed by atoms with van der Waals surface area (Å²) in [6.07, 6.45) is 0. The van der Waals surface area contributed by atoms with Crippen molar-refractivity contribution >= 4 is 32.4 Å². The molecule has 0 aliphatic heterocycles. The van der Waals surface area contributed by atoms with Crippen molar-refractivity contribution in [2.45, 2.75) is 0 Å². The Bertz CT molecular complexity index is 3330. The van der Waals surface area contributed by atoms with Crippen LogP contribution in [-0.4, -0.2) is 19.9 Å². The van der Waals surface area contributed by atoms with Gasteiger partial charge in [0.15, 0.2) is 17.5 Å². The Hall–Kier alpha value is -8.08. The minimum Gasteiger partial charge on any atom is -0.247 e. The zero-order valence-electron chi connectivity index (χ0n) is 32.6. The highest BCUT2D eigenvalue weighted by molar-refractivity contribution is 6.15. The Labute approximate surface area is 348 Å². The lowest BCUT2D eigenvalue weighted by Gasteiger charge is -2.13. The van der Waals surface area contributed by atoms with Gasteiger partial charge in [0.25, 0.3) is 0 Å². The summed E-state index contributed by atoms with van der Waals surface area (Å²) in [5.74, 6) is 1.92. The maximum absolute atomic E-state index is 5.24. The van der Waals surface area contributed by atoms with Crippen molar-refractivity contribution in [3.63, 3.8) is 0 Å². The molecule has 0 bridgehead atoms. The molecule has 11 aromatic rings.